The lowest BCUT2D eigenvalue weighted by molar-refractivity contribution is -0.137. The largest absolute Gasteiger partial charge is 0.481 e. The monoisotopic (exact) mass is 296 g/mol. The molecule has 1 fully saturated rings. The van der Waals surface area contributed by atoms with E-state index in [9.17, 15) is 4.79 Å². The van der Waals surface area contributed by atoms with Crippen molar-refractivity contribution >= 4 is 21.9 Å². The summed E-state index contributed by atoms with van der Waals surface area (Å²) in [5.74, 6) is -0.262. The van der Waals surface area contributed by atoms with Crippen LogP contribution in [0.3, 0.4) is 0 Å². The van der Waals surface area contributed by atoms with E-state index in [1.807, 2.05) is 6.07 Å². The molecule has 1 saturated carbocycles. The number of hydrogen-bond donors (Lipinski definition) is 1. The second kappa shape index (κ2) is 4.45. The summed E-state index contributed by atoms with van der Waals surface area (Å²) in [5.41, 5.74) is 2.41. The smallest absolute Gasteiger partial charge is 0.304 e. The van der Waals surface area contributed by atoms with Crippen LogP contribution in [0.5, 0.6) is 0 Å². The molecule has 0 radical (unpaired) electrons. The summed E-state index contributed by atoms with van der Waals surface area (Å²) < 4.78 is 1.04. The lowest BCUT2D eigenvalue weighted by atomic mass is 9.85. The first-order valence-electron chi connectivity index (χ1n) is 5.96. The number of aliphatic carboxylic acids is 1. The minimum Gasteiger partial charge on any atom is -0.481 e. The molecule has 1 aliphatic rings. The summed E-state index contributed by atoms with van der Waals surface area (Å²) in [6.07, 6.45) is 2.24. The molecular weight excluding hydrogens is 280 g/mol. The van der Waals surface area contributed by atoms with Gasteiger partial charge in [0.15, 0.2) is 0 Å². The van der Waals surface area contributed by atoms with Crippen molar-refractivity contribution in [2.75, 3.05) is 0 Å². The van der Waals surface area contributed by atoms with Crippen molar-refractivity contribution in [1.29, 1.82) is 0 Å². The first kappa shape index (κ1) is 12.6. The Kier molecular flexibility index (Phi) is 3.30. The fourth-order valence-corrected chi connectivity index (χ4v) is 2.83. The van der Waals surface area contributed by atoms with E-state index in [4.69, 9.17) is 5.11 Å². The van der Waals surface area contributed by atoms with E-state index >= 15 is 0 Å². The topological polar surface area (TPSA) is 37.3 Å². The van der Waals surface area contributed by atoms with Gasteiger partial charge < -0.3 is 5.11 Å². The molecule has 92 valence electrons. The molecule has 1 aromatic rings. The first-order chi connectivity index (χ1) is 7.94. The van der Waals surface area contributed by atoms with Crippen LogP contribution in [-0.4, -0.2) is 11.1 Å². The van der Waals surface area contributed by atoms with Crippen molar-refractivity contribution in [1.82, 2.24) is 0 Å². The van der Waals surface area contributed by atoms with Crippen molar-refractivity contribution in [3.63, 3.8) is 0 Å². The zero-order valence-electron chi connectivity index (χ0n) is 10.2. The molecule has 2 nitrogen and oxygen atoms in total. The Morgan fingerprint density at radius 1 is 1.47 bits per heavy atom. The number of rotatable bonds is 4. The van der Waals surface area contributed by atoms with Crippen LogP contribution in [-0.2, 0) is 10.2 Å². The van der Waals surface area contributed by atoms with E-state index in [1.165, 1.54) is 11.1 Å². The molecule has 1 aromatic carbocycles. The first-order valence-corrected chi connectivity index (χ1v) is 6.76. The van der Waals surface area contributed by atoms with E-state index in [0.717, 1.165) is 17.3 Å². The highest BCUT2D eigenvalue weighted by Crippen LogP contribution is 2.53. The summed E-state index contributed by atoms with van der Waals surface area (Å²) in [4.78, 5) is 11.0. The predicted molar refractivity (Wildman–Crippen MR) is 71.4 cm³/mol. The molecule has 0 unspecified atom stereocenters. The second-order valence-corrected chi connectivity index (χ2v) is 6.15. The van der Waals surface area contributed by atoms with Gasteiger partial charge >= 0.3 is 5.97 Å². The Balaban J connectivity index is 2.43. The maximum absolute atomic E-state index is 11.0. The van der Waals surface area contributed by atoms with Crippen molar-refractivity contribution < 1.29 is 9.90 Å². The average Bonchev–Trinajstić information content (AvgIpc) is 2.97. The van der Waals surface area contributed by atoms with Crippen LogP contribution >= 0.6 is 15.9 Å². The molecule has 0 saturated heterocycles. The van der Waals surface area contributed by atoms with E-state index in [0.29, 0.717) is 5.92 Å². The zero-order chi connectivity index (χ0) is 12.6. The number of carboxylic acids is 1. The molecule has 3 heteroatoms. The van der Waals surface area contributed by atoms with Crippen molar-refractivity contribution in [3.8, 4) is 0 Å². The van der Waals surface area contributed by atoms with Crippen LogP contribution in [0, 0.1) is 0 Å². The maximum Gasteiger partial charge on any atom is 0.304 e. The van der Waals surface area contributed by atoms with Crippen LogP contribution in [0.4, 0.5) is 0 Å². The summed E-state index contributed by atoms with van der Waals surface area (Å²) >= 11 is 3.48. The quantitative estimate of drug-likeness (QED) is 0.909. The number of hydrogen-bond acceptors (Lipinski definition) is 1. The third kappa shape index (κ3) is 2.54. The number of halogens is 1. The van der Waals surface area contributed by atoms with Crippen LogP contribution in [0.25, 0.3) is 0 Å². The van der Waals surface area contributed by atoms with Gasteiger partial charge in [-0.1, -0.05) is 35.8 Å². The van der Waals surface area contributed by atoms with E-state index in [-0.39, 0.29) is 11.8 Å². The molecule has 0 atom stereocenters. The Labute approximate surface area is 110 Å². The molecule has 0 aliphatic heterocycles. The fraction of sp³-hybridized carbons (Fsp3) is 0.500. The van der Waals surface area contributed by atoms with Gasteiger partial charge in [0.2, 0.25) is 0 Å². The highest BCUT2D eigenvalue weighted by molar-refractivity contribution is 9.10. The Bertz CT molecular complexity index is 448. The van der Waals surface area contributed by atoms with Gasteiger partial charge in [-0.3, -0.25) is 4.79 Å². The fourth-order valence-electron chi connectivity index (χ4n) is 2.47. The van der Waals surface area contributed by atoms with Gasteiger partial charge in [-0.15, -0.1) is 0 Å². The summed E-state index contributed by atoms with van der Waals surface area (Å²) in [6.45, 7) is 4.31. The molecule has 0 heterocycles. The van der Waals surface area contributed by atoms with Gasteiger partial charge in [0.05, 0.1) is 6.42 Å². The van der Waals surface area contributed by atoms with Crippen LogP contribution in [0.1, 0.15) is 50.2 Å². The van der Waals surface area contributed by atoms with Crippen molar-refractivity contribution in [3.05, 3.63) is 33.8 Å². The summed E-state index contributed by atoms with van der Waals surface area (Å²) in [5, 5.41) is 9.04. The van der Waals surface area contributed by atoms with Crippen molar-refractivity contribution in [2.45, 2.75) is 44.4 Å². The predicted octanol–water partition coefficient (Wildman–Crippen LogP) is 4.08. The molecular formula is C14H17BrO2. The van der Waals surface area contributed by atoms with Gasteiger partial charge in [-0.25, -0.2) is 0 Å². The Morgan fingerprint density at radius 3 is 2.59 bits per heavy atom. The normalized spacial score (nSPS) is 17.2. The zero-order valence-corrected chi connectivity index (χ0v) is 11.8. The van der Waals surface area contributed by atoms with Gasteiger partial charge in [-0.2, -0.15) is 0 Å². The highest BCUT2D eigenvalue weighted by Gasteiger charge is 2.47. The molecule has 1 N–H and O–H groups in total. The molecule has 1 aliphatic carbocycles. The van der Waals surface area contributed by atoms with Crippen LogP contribution < -0.4 is 0 Å². The van der Waals surface area contributed by atoms with Gasteiger partial charge in [0.25, 0.3) is 0 Å². The highest BCUT2D eigenvalue weighted by atomic mass is 79.9. The molecule has 0 bridgehead atoms. The molecule has 0 aromatic heterocycles. The average molecular weight is 297 g/mol. The minimum atomic E-state index is -0.697. The lowest BCUT2D eigenvalue weighted by Crippen LogP contribution is -2.15. The number of benzene rings is 1. The minimum absolute atomic E-state index is 0.102. The van der Waals surface area contributed by atoms with Gasteiger partial charge in [0, 0.05) is 9.89 Å². The standard InChI is InChI=1S/C14H17BrO2/c1-9(2)11-4-3-10(15)7-12(11)14(5-6-14)8-13(16)17/h3-4,7,9H,5-6,8H2,1-2H3,(H,16,17). The lowest BCUT2D eigenvalue weighted by Gasteiger charge is -2.20. The molecule has 0 spiro atoms. The van der Waals surface area contributed by atoms with Crippen molar-refractivity contribution in [2.24, 2.45) is 0 Å². The SMILES string of the molecule is CC(C)c1ccc(Br)cc1C1(CC(=O)O)CC1. The Hall–Kier alpha value is -0.830. The molecule has 17 heavy (non-hydrogen) atoms. The number of carbonyl (C=O) groups is 1. The van der Waals surface area contributed by atoms with E-state index < -0.39 is 5.97 Å². The van der Waals surface area contributed by atoms with E-state index in [2.05, 4.69) is 41.9 Å². The third-order valence-electron chi connectivity index (χ3n) is 3.55. The maximum atomic E-state index is 11.0. The van der Waals surface area contributed by atoms with Gasteiger partial charge in [-0.05, 0) is 42.0 Å². The number of carboxylic acid groups (broad SMARTS) is 1. The summed E-state index contributed by atoms with van der Waals surface area (Å²) in [7, 11) is 0. The second-order valence-electron chi connectivity index (χ2n) is 5.24. The molecule has 2 rings (SSSR count). The van der Waals surface area contributed by atoms with E-state index in [1.54, 1.807) is 0 Å². The summed E-state index contributed by atoms with van der Waals surface area (Å²) in [6, 6.07) is 6.26. The van der Waals surface area contributed by atoms with Crippen LogP contribution in [0.2, 0.25) is 0 Å². The molecule has 0 amide bonds. The van der Waals surface area contributed by atoms with Crippen LogP contribution in [0.15, 0.2) is 22.7 Å². The van der Waals surface area contributed by atoms with Gasteiger partial charge in [0.1, 0.15) is 0 Å². The Morgan fingerprint density at radius 2 is 2.12 bits per heavy atom. The third-order valence-corrected chi connectivity index (χ3v) is 4.05.